The molecule has 0 saturated carbocycles. The molecular formula is CH3BI2S2. The molecule has 0 aromatic rings. The van der Waals surface area contributed by atoms with E-state index in [0.29, 0.717) is 0 Å². The summed E-state index contributed by atoms with van der Waals surface area (Å²) in [7, 11) is 1.72. The molecule has 6 heavy (non-hydrogen) atoms. The number of rotatable bonds is 0. The molecule has 0 atom stereocenters. The molecule has 0 rings (SSSR count). The maximum absolute atomic E-state index is 5.55. The Morgan fingerprint density at radius 3 is 1.83 bits per heavy atom. The van der Waals surface area contributed by atoms with Gasteiger partial charge in [0, 0.05) is 0 Å². The van der Waals surface area contributed by atoms with E-state index in [1.807, 2.05) is 6.26 Å². The van der Waals surface area contributed by atoms with Gasteiger partial charge in [0.25, 0.3) is 0 Å². The molecule has 5 heteroatoms. The average Bonchev–Trinajstić information content (AvgIpc) is 1.35. The van der Waals surface area contributed by atoms with Gasteiger partial charge < -0.3 is 0 Å². The van der Waals surface area contributed by atoms with E-state index in [2.05, 4.69) is 42.4 Å². The van der Waals surface area contributed by atoms with Crippen molar-refractivity contribution in [2.24, 2.45) is 0 Å². The minimum atomic E-state index is -0.805. The number of halogens is 2. The van der Waals surface area contributed by atoms with Crippen LogP contribution >= 0.6 is 55.8 Å². The molecule has 0 spiro atoms. The van der Waals surface area contributed by atoms with E-state index in [0.717, 1.165) is 0 Å². The van der Waals surface area contributed by atoms with Crippen LogP contribution in [0.2, 0.25) is 0 Å². The van der Waals surface area contributed by atoms with Crippen molar-refractivity contribution in [1.29, 1.82) is 0 Å². The zero-order valence-corrected chi connectivity index (χ0v) is 9.10. The number of hydrogen-bond donors (Lipinski definition) is 0. The zero-order chi connectivity index (χ0) is 5.21. The van der Waals surface area contributed by atoms with Gasteiger partial charge in [-0.05, 0) is 0 Å². The summed E-state index contributed by atoms with van der Waals surface area (Å²) in [4.78, 5) is 0. The molecule has 36 valence electrons. The van der Waals surface area contributed by atoms with Crippen LogP contribution in [-0.4, -0.2) is 12.8 Å². The van der Waals surface area contributed by atoms with Crippen LogP contribution in [0.15, 0.2) is 0 Å². The third-order valence-corrected chi connectivity index (χ3v) is 8.47. The van der Waals surface area contributed by atoms with Crippen molar-refractivity contribution < 1.29 is 0 Å². The fourth-order valence-electron chi connectivity index (χ4n) is 0. The summed E-state index contributed by atoms with van der Waals surface area (Å²) in [6.45, 7) is 5.55. The van der Waals surface area contributed by atoms with Gasteiger partial charge in [-0.3, -0.25) is 0 Å². The van der Waals surface area contributed by atoms with Gasteiger partial charge in [-0.15, -0.1) is 0 Å². The summed E-state index contributed by atoms with van der Waals surface area (Å²) in [6.07, 6.45) is 2.02. The molecule has 0 radical (unpaired) electrons. The van der Waals surface area contributed by atoms with Crippen LogP contribution in [0.1, 0.15) is 0 Å². The average molecular weight is 344 g/mol. The summed E-state index contributed by atoms with van der Waals surface area (Å²) in [5, 5.41) is 0. The molecule has 0 bridgehead atoms. The molecule has 0 fully saturated rings. The molecule has 0 N–H and O–H groups in total. The van der Waals surface area contributed by atoms with E-state index in [4.69, 9.17) is 6.53 Å². The van der Waals surface area contributed by atoms with Crippen LogP contribution < -0.4 is 0 Å². The first-order valence-electron chi connectivity index (χ1n) is 1.12. The van der Waals surface area contributed by atoms with Gasteiger partial charge in [-0.1, -0.05) is 0 Å². The van der Waals surface area contributed by atoms with Crippen LogP contribution in [0.5, 0.6) is 0 Å². The van der Waals surface area contributed by atoms with Crippen molar-refractivity contribution in [3.8, 4) is 0 Å². The Bertz CT molecular complexity index is 112. The zero-order valence-electron chi connectivity index (χ0n) is 3.15. The van der Waals surface area contributed by atoms with Gasteiger partial charge in [-0.25, -0.2) is 0 Å². The second-order valence-electron chi connectivity index (χ2n) is 0.625. The molecule has 0 aliphatic rings. The van der Waals surface area contributed by atoms with Crippen molar-refractivity contribution in [2.75, 3.05) is 6.26 Å². The molecule has 0 aliphatic carbocycles. The van der Waals surface area contributed by atoms with Gasteiger partial charge in [-0.2, -0.15) is 0 Å². The summed E-state index contributed by atoms with van der Waals surface area (Å²) in [5.41, 5.74) is 0. The Morgan fingerprint density at radius 2 is 1.83 bits per heavy atom. The summed E-state index contributed by atoms with van der Waals surface area (Å²) >= 11 is 4.50. The third kappa shape index (κ3) is 6.22. The van der Waals surface area contributed by atoms with Gasteiger partial charge in [0.05, 0.1) is 0 Å². The molecule has 0 aromatic heterocycles. The standard InChI is InChI=1S/CH3BI2S2/c1-5-6(2,3)4/h1H3. The fourth-order valence-corrected chi connectivity index (χ4v) is 0. The van der Waals surface area contributed by atoms with Gasteiger partial charge in [0.15, 0.2) is 0 Å². The third-order valence-electron chi connectivity index (χ3n) is 0.222. The summed E-state index contributed by atoms with van der Waals surface area (Å²) < 4.78 is -0.805. The molecule has 0 saturated heterocycles. The molecule has 0 aliphatic heterocycles. The van der Waals surface area contributed by atoms with Crippen LogP contribution in [0.25, 0.3) is 0 Å². The minimum absolute atomic E-state index is 0.805. The first-order chi connectivity index (χ1) is 2.56. The molecule has 0 amide bonds. The Hall–Kier alpha value is 2.22. The van der Waals surface area contributed by atoms with Crippen molar-refractivity contribution in [3.05, 3.63) is 0 Å². The molecule has 0 nitrogen and oxygen atoms in total. The Morgan fingerprint density at radius 1 is 1.67 bits per heavy atom. The van der Waals surface area contributed by atoms with Gasteiger partial charge >= 0.3 is 68.6 Å². The maximum atomic E-state index is 5.55. The summed E-state index contributed by atoms with van der Waals surface area (Å²) in [6, 6.07) is 0. The van der Waals surface area contributed by atoms with Crippen molar-refractivity contribution in [2.45, 2.75) is 0 Å². The topological polar surface area (TPSA) is 0 Å². The van der Waals surface area contributed by atoms with Crippen LogP contribution in [0.3, 0.4) is 0 Å². The SMILES string of the molecule is B#S(I)(I)SC. The quantitative estimate of drug-likeness (QED) is 0.370. The Kier molecular flexibility index (Phi) is 4.51. The first-order valence-corrected chi connectivity index (χ1v) is 9.64. The van der Waals surface area contributed by atoms with Crippen molar-refractivity contribution in [3.63, 3.8) is 0 Å². The van der Waals surface area contributed by atoms with E-state index in [9.17, 15) is 0 Å². The second kappa shape index (κ2) is 3.29. The Labute approximate surface area is 67.6 Å². The summed E-state index contributed by atoms with van der Waals surface area (Å²) in [5.74, 6) is 0. The van der Waals surface area contributed by atoms with Gasteiger partial charge in [0.1, 0.15) is 0 Å². The predicted molar refractivity (Wildman–Crippen MR) is 54.9 cm³/mol. The van der Waals surface area contributed by atoms with Crippen LogP contribution in [0.4, 0.5) is 0 Å². The van der Waals surface area contributed by atoms with E-state index < -0.39 is 2.64 Å². The van der Waals surface area contributed by atoms with Crippen molar-refractivity contribution >= 4 is 62.4 Å². The molecule has 0 heterocycles. The Balaban J connectivity index is 3.60. The second-order valence-corrected chi connectivity index (χ2v) is 21.4. The van der Waals surface area contributed by atoms with E-state index in [1.54, 1.807) is 10.8 Å². The fraction of sp³-hybridized carbons (Fsp3) is 1.00. The number of hydrogen-bond acceptors (Lipinski definition) is 1. The normalized spacial score (nSPS) is 12.2. The molecule has 0 aromatic carbocycles. The molecular weight excluding hydrogens is 341 g/mol. The van der Waals surface area contributed by atoms with E-state index >= 15 is 0 Å². The van der Waals surface area contributed by atoms with Gasteiger partial charge in [0.2, 0.25) is 0 Å². The first kappa shape index (κ1) is 8.22. The van der Waals surface area contributed by atoms with Crippen molar-refractivity contribution in [1.82, 2.24) is 0 Å². The van der Waals surface area contributed by atoms with E-state index in [-0.39, 0.29) is 0 Å². The van der Waals surface area contributed by atoms with Crippen LogP contribution in [-0.2, 0) is 0 Å². The monoisotopic (exact) mass is 344 g/mol. The van der Waals surface area contributed by atoms with E-state index in [1.165, 1.54) is 0 Å². The predicted octanol–water partition coefficient (Wildman–Crippen LogP) is 2.85. The van der Waals surface area contributed by atoms with Crippen LogP contribution in [0, 0.1) is 0 Å². The molecule has 0 unspecified atom stereocenters.